The summed E-state index contributed by atoms with van der Waals surface area (Å²) in [7, 11) is 1.33. The average molecular weight is 194 g/mol. The van der Waals surface area contributed by atoms with E-state index in [1.807, 2.05) is 6.92 Å². The van der Waals surface area contributed by atoms with Crippen LogP contribution in [0.15, 0.2) is 0 Å². The second kappa shape index (κ2) is 6.28. The van der Waals surface area contributed by atoms with Crippen LogP contribution in [0, 0.1) is 0 Å². The zero-order valence-electron chi connectivity index (χ0n) is 8.06. The molecule has 0 aliphatic carbocycles. The molecule has 0 aliphatic rings. The molecule has 0 spiro atoms. The minimum absolute atomic E-state index is 0.165. The first kappa shape index (κ1) is 12.8. The molecule has 0 unspecified atom stereocenters. The molecular weight excluding hydrogens is 176 g/mol. The molecule has 5 nitrogen and oxygen atoms in total. The molecule has 3 N–H and O–H groups in total. The van der Waals surface area contributed by atoms with Crippen LogP contribution >= 0.6 is 0 Å². The van der Waals surface area contributed by atoms with E-state index in [1.54, 1.807) is 0 Å². The maximum absolute atomic E-state index is 8.92. The van der Waals surface area contributed by atoms with E-state index >= 15 is 0 Å². The van der Waals surface area contributed by atoms with E-state index in [-0.39, 0.29) is 6.61 Å². The summed E-state index contributed by atoms with van der Waals surface area (Å²) in [5.74, 6) is -1.40. The van der Waals surface area contributed by atoms with Crippen LogP contribution in [0.1, 0.15) is 13.3 Å². The fourth-order valence-electron chi connectivity index (χ4n) is 0.855. The fraction of sp³-hybridized carbons (Fsp3) is 1.00. The van der Waals surface area contributed by atoms with Gasteiger partial charge in [-0.05, 0) is 6.42 Å². The summed E-state index contributed by atoms with van der Waals surface area (Å²) < 4.78 is 10.0. The quantitative estimate of drug-likeness (QED) is 0.458. The van der Waals surface area contributed by atoms with Crippen molar-refractivity contribution in [3.8, 4) is 0 Å². The second-order valence-electron chi connectivity index (χ2n) is 2.76. The number of hydrogen-bond donors (Lipinski definition) is 3. The molecule has 0 aromatic carbocycles. The molecular formula is C8H18O5. The SMILES string of the molecule is CC[C@H](CO)OC(CO)(CO)OC. The van der Waals surface area contributed by atoms with Crippen molar-refractivity contribution in [1.29, 1.82) is 0 Å². The Bertz CT molecular complexity index is 111. The van der Waals surface area contributed by atoms with E-state index < -0.39 is 25.1 Å². The summed E-state index contributed by atoms with van der Waals surface area (Å²) in [4.78, 5) is 0. The van der Waals surface area contributed by atoms with Crippen molar-refractivity contribution in [2.75, 3.05) is 26.9 Å². The van der Waals surface area contributed by atoms with Crippen molar-refractivity contribution in [2.45, 2.75) is 25.2 Å². The minimum atomic E-state index is -1.40. The number of rotatable bonds is 7. The Hall–Kier alpha value is -0.200. The van der Waals surface area contributed by atoms with Gasteiger partial charge in [-0.2, -0.15) is 0 Å². The van der Waals surface area contributed by atoms with Crippen LogP contribution in [0.4, 0.5) is 0 Å². The summed E-state index contributed by atoms with van der Waals surface area (Å²) in [5, 5.41) is 26.7. The van der Waals surface area contributed by atoms with E-state index in [1.165, 1.54) is 7.11 Å². The smallest absolute Gasteiger partial charge is 0.215 e. The van der Waals surface area contributed by atoms with Gasteiger partial charge in [-0.15, -0.1) is 0 Å². The molecule has 0 radical (unpaired) electrons. The van der Waals surface area contributed by atoms with Crippen molar-refractivity contribution in [3.63, 3.8) is 0 Å². The van der Waals surface area contributed by atoms with Crippen LogP contribution in [0.3, 0.4) is 0 Å². The number of aliphatic hydroxyl groups excluding tert-OH is 3. The van der Waals surface area contributed by atoms with Gasteiger partial charge in [0.05, 0.1) is 25.9 Å². The molecule has 0 aromatic heterocycles. The average Bonchev–Trinajstić information content (AvgIpc) is 2.21. The summed E-state index contributed by atoms with van der Waals surface area (Å²) in [5.41, 5.74) is 0. The van der Waals surface area contributed by atoms with Crippen LogP contribution in [0.2, 0.25) is 0 Å². The minimum Gasteiger partial charge on any atom is -0.394 e. The van der Waals surface area contributed by atoms with E-state index in [4.69, 9.17) is 24.8 Å². The lowest BCUT2D eigenvalue weighted by Crippen LogP contribution is -2.46. The first-order valence-electron chi connectivity index (χ1n) is 4.23. The normalized spacial score (nSPS) is 14.5. The van der Waals surface area contributed by atoms with E-state index in [0.29, 0.717) is 6.42 Å². The number of methoxy groups -OCH3 is 1. The van der Waals surface area contributed by atoms with Crippen molar-refractivity contribution >= 4 is 0 Å². The number of aliphatic hydroxyl groups is 3. The molecule has 1 atom stereocenters. The molecule has 0 aromatic rings. The van der Waals surface area contributed by atoms with Gasteiger partial charge in [-0.25, -0.2) is 0 Å². The number of hydrogen-bond acceptors (Lipinski definition) is 5. The highest BCUT2D eigenvalue weighted by atomic mass is 16.7. The topological polar surface area (TPSA) is 79.2 Å². The highest BCUT2D eigenvalue weighted by Crippen LogP contribution is 2.15. The van der Waals surface area contributed by atoms with Crippen molar-refractivity contribution < 1.29 is 24.8 Å². The lowest BCUT2D eigenvalue weighted by atomic mass is 10.2. The Labute approximate surface area is 77.9 Å². The maximum Gasteiger partial charge on any atom is 0.215 e. The van der Waals surface area contributed by atoms with Gasteiger partial charge in [0, 0.05) is 7.11 Å². The Balaban J connectivity index is 4.21. The predicted molar refractivity (Wildman–Crippen MR) is 46.2 cm³/mol. The zero-order valence-corrected chi connectivity index (χ0v) is 8.06. The molecule has 0 heterocycles. The predicted octanol–water partition coefficient (Wildman–Crippen LogP) is -0.899. The van der Waals surface area contributed by atoms with E-state index in [2.05, 4.69) is 0 Å². The second-order valence-corrected chi connectivity index (χ2v) is 2.76. The van der Waals surface area contributed by atoms with Gasteiger partial charge in [0.25, 0.3) is 0 Å². The van der Waals surface area contributed by atoms with Gasteiger partial charge < -0.3 is 24.8 Å². The summed E-state index contributed by atoms with van der Waals surface area (Å²) in [6.07, 6.45) is 0.154. The third-order valence-electron chi connectivity index (χ3n) is 1.89. The Kier molecular flexibility index (Phi) is 6.19. The first-order valence-corrected chi connectivity index (χ1v) is 4.23. The highest BCUT2D eigenvalue weighted by Gasteiger charge is 2.32. The van der Waals surface area contributed by atoms with Gasteiger partial charge in [0.1, 0.15) is 0 Å². The maximum atomic E-state index is 8.92. The molecule has 5 heteroatoms. The van der Waals surface area contributed by atoms with Crippen LogP contribution in [0.5, 0.6) is 0 Å². The van der Waals surface area contributed by atoms with Crippen molar-refractivity contribution in [2.24, 2.45) is 0 Å². The third kappa shape index (κ3) is 3.58. The monoisotopic (exact) mass is 194 g/mol. The van der Waals surface area contributed by atoms with Gasteiger partial charge in [0.15, 0.2) is 0 Å². The largest absolute Gasteiger partial charge is 0.394 e. The first-order chi connectivity index (χ1) is 6.17. The summed E-state index contributed by atoms with van der Waals surface area (Å²) in [6, 6.07) is 0. The van der Waals surface area contributed by atoms with E-state index in [9.17, 15) is 0 Å². The summed E-state index contributed by atoms with van der Waals surface area (Å²) >= 11 is 0. The molecule has 0 bridgehead atoms. The standard InChI is InChI=1S/C8H18O5/c1-3-7(4-9)13-8(5-10,6-11)12-2/h7,9-11H,3-6H2,1-2H3/t7-/m1/s1. The Morgan fingerprint density at radius 1 is 1.23 bits per heavy atom. The van der Waals surface area contributed by atoms with Gasteiger partial charge >= 0.3 is 0 Å². The van der Waals surface area contributed by atoms with Gasteiger partial charge in [-0.3, -0.25) is 0 Å². The molecule has 0 saturated carbocycles. The van der Waals surface area contributed by atoms with Crippen LogP contribution < -0.4 is 0 Å². The molecule has 0 rings (SSSR count). The van der Waals surface area contributed by atoms with Crippen molar-refractivity contribution in [3.05, 3.63) is 0 Å². The van der Waals surface area contributed by atoms with Crippen LogP contribution in [-0.4, -0.2) is 54.1 Å². The number of ether oxygens (including phenoxy) is 2. The summed E-state index contributed by atoms with van der Waals surface area (Å²) in [6.45, 7) is 0.769. The zero-order chi connectivity index (χ0) is 10.3. The highest BCUT2D eigenvalue weighted by molar-refractivity contribution is 4.69. The van der Waals surface area contributed by atoms with Crippen LogP contribution in [-0.2, 0) is 9.47 Å². The molecule has 0 aliphatic heterocycles. The van der Waals surface area contributed by atoms with E-state index in [0.717, 1.165) is 0 Å². The third-order valence-corrected chi connectivity index (χ3v) is 1.89. The lowest BCUT2D eigenvalue weighted by molar-refractivity contribution is -0.282. The van der Waals surface area contributed by atoms with Gasteiger partial charge in [0.2, 0.25) is 5.79 Å². The molecule has 13 heavy (non-hydrogen) atoms. The molecule has 0 fully saturated rings. The van der Waals surface area contributed by atoms with Gasteiger partial charge in [-0.1, -0.05) is 6.92 Å². The van der Waals surface area contributed by atoms with Crippen LogP contribution in [0.25, 0.3) is 0 Å². The Morgan fingerprint density at radius 2 is 1.77 bits per heavy atom. The fourth-order valence-corrected chi connectivity index (χ4v) is 0.855. The molecule has 80 valence electrons. The lowest BCUT2D eigenvalue weighted by Gasteiger charge is -2.31. The Morgan fingerprint density at radius 3 is 2.00 bits per heavy atom. The molecule has 0 amide bonds. The molecule has 0 saturated heterocycles. The van der Waals surface area contributed by atoms with Crippen molar-refractivity contribution in [1.82, 2.24) is 0 Å².